The summed E-state index contributed by atoms with van der Waals surface area (Å²) in [6.07, 6.45) is 0.546. The predicted octanol–water partition coefficient (Wildman–Crippen LogP) is 1.60. The van der Waals surface area contributed by atoms with Crippen molar-refractivity contribution < 1.29 is 13.9 Å². The molecule has 0 unspecified atom stereocenters. The number of rotatable bonds is 2. The molecule has 2 aliphatic heterocycles. The van der Waals surface area contributed by atoms with Crippen LogP contribution in [0.15, 0.2) is 18.2 Å². The molecule has 0 bridgehead atoms. The van der Waals surface area contributed by atoms with Gasteiger partial charge in [0.15, 0.2) is 0 Å². The molecule has 2 aliphatic rings. The first-order chi connectivity index (χ1) is 9.52. The largest absolute Gasteiger partial charge is 0.392 e. The quantitative estimate of drug-likeness (QED) is 0.892. The van der Waals surface area contributed by atoms with E-state index < -0.39 is 11.6 Å². The van der Waals surface area contributed by atoms with E-state index in [1.54, 1.807) is 0 Å². The lowest BCUT2D eigenvalue weighted by Crippen LogP contribution is -2.54. The fraction of sp³-hybridized carbons (Fsp3) is 0.600. The number of aliphatic hydroxyl groups excluding tert-OH is 1. The fourth-order valence-electron chi connectivity index (χ4n) is 3.37. The molecular weight excluding hydrogens is 262 g/mol. The Morgan fingerprint density at radius 1 is 1.25 bits per heavy atom. The highest BCUT2D eigenvalue weighted by molar-refractivity contribution is 5.18. The summed E-state index contributed by atoms with van der Waals surface area (Å²) in [7, 11) is 0. The van der Waals surface area contributed by atoms with E-state index >= 15 is 0 Å². The first-order valence-electron chi connectivity index (χ1n) is 7.13. The second-order valence-corrected chi connectivity index (χ2v) is 6.01. The second kappa shape index (κ2) is 5.39. The molecule has 20 heavy (non-hydrogen) atoms. The maximum Gasteiger partial charge on any atom is 0.130 e. The number of fused-ring (bicyclic) bond motifs is 1. The zero-order valence-corrected chi connectivity index (χ0v) is 11.6. The van der Waals surface area contributed by atoms with Crippen LogP contribution in [0.5, 0.6) is 0 Å². The molecule has 0 amide bonds. The van der Waals surface area contributed by atoms with E-state index in [1.807, 2.05) is 0 Å². The van der Waals surface area contributed by atoms with E-state index in [4.69, 9.17) is 0 Å². The van der Waals surface area contributed by atoms with Crippen molar-refractivity contribution in [3.63, 3.8) is 0 Å². The molecule has 110 valence electrons. The standard InChI is InChI=1S/C15H20F2N2O/c1-10-6-19-9-14(20)5-13(19)8-18(10)7-11-2-3-12(16)4-15(11)17/h2-4,10,13-14,20H,5-9H2,1H3/t10-,13+,14+/m0/s1. The van der Waals surface area contributed by atoms with Gasteiger partial charge in [0.2, 0.25) is 0 Å². The Morgan fingerprint density at radius 3 is 2.80 bits per heavy atom. The summed E-state index contributed by atoms with van der Waals surface area (Å²) >= 11 is 0. The van der Waals surface area contributed by atoms with Gasteiger partial charge >= 0.3 is 0 Å². The number of aliphatic hydroxyl groups is 1. The van der Waals surface area contributed by atoms with Crippen LogP contribution < -0.4 is 0 Å². The van der Waals surface area contributed by atoms with Crippen LogP contribution in [0.2, 0.25) is 0 Å². The number of hydrogen-bond acceptors (Lipinski definition) is 3. The van der Waals surface area contributed by atoms with Gasteiger partial charge in [-0.1, -0.05) is 6.07 Å². The van der Waals surface area contributed by atoms with Gasteiger partial charge in [0.05, 0.1) is 6.10 Å². The first-order valence-corrected chi connectivity index (χ1v) is 7.13. The fourth-order valence-corrected chi connectivity index (χ4v) is 3.37. The van der Waals surface area contributed by atoms with E-state index in [1.165, 1.54) is 12.1 Å². The van der Waals surface area contributed by atoms with Crippen LogP contribution in [0.1, 0.15) is 18.9 Å². The molecule has 3 atom stereocenters. The third kappa shape index (κ3) is 2.71. The maximum absolute atomic E-state index is 13.7. The molecule has 1 aromatic rings. The van der Waals surface area contributed by atoms with E-state index in [-0.39, 0.29) is 6.10 Å². The molecule has 0 radical (unpaired) electrons. The van der Waals surface area contributed by atoms with Crippen molar-refractivity contribution >= 4 is 0 Å². The molecule has 1 N–H and O–H groups in total. The van der Waals surface area contributed by atoms with Crippen LogP contribution in [-0.4, -0.2) is 52.7 Å². The van der Waals surface area contributed by atoms with Crippen LogP contribution in [0.3, 0.4) is 0 Å². The molecule has 1 aromatic carbocycles. The van der Waals surface area contributed by atoms with Gasteiger partial charge in [-0.05, 0) is 19.4 Å². The average molecular weight is 282 g/mol. The molecule has 2 fully saturated rings. The van der Waals surface area contributed by atoms with Gasteiger partial charge in [0, 0.05) is 49.9 Å². The highest BCUT2D eigenvalue weighted by Gasteiger charge is 2.38. The van der Waals surface area contributed by atoms with Gasteiger partial charge in [0.1, 0.15) is 11.6 Å². The van der Waals surface area contributed by atoms with E-state index in [2.05, 4.69) is 16.7 Å². The minimum atomic E-state index is -0.539. The third-order valence-electron chi connectivity index (χ3n) is 4.46. The van der Waals surface area contributed by atoms with Crippen molar-refractivity contribution in [2.24, 2.45) is 0 Å². The van der Waals surface area contributed by atoms with Crippen LogP contribution >= 0.6 is 0 Å². The lowest BCUT2D eigenvalue weighted by Gasteiger charge is -2.42. The molecule has 3 nitrogen and oxygen atoms in total. The summed E-state index contributed by atoms with van der Waals surface area (Å²) < 4.78 is 26.7. The van der Waals surface area contributed by atoms with E-state index in [0.29, 0.717) is 24.2 Å². The predicted molar refractivity (Wildman–Crippen MR) is 72.2 cm³/mol. The van der Waals surface area contributed by atoms with Gasteiger partial charge in [-0.3, -0.25) is 9.80 Å². The van der Waals surface area contributed by atoms with Crippen molar-refractivity contribution in [3.8, 4) is 0 Å². The summed E-state index contributed by atoms with van der Waals surface area (Å²) in [5.41, 5.74) is 0.533. The lowest BCUT2D eigenvalue weighted by atomic mass is 10.1. The first kappa shape index (κ1) is 13.9. The molecule has 0 aliphatic carbocycles. The van der Waals surface area contributed by atoms with Gasteiger partial charge in [0.25, 0.3) is 0 Å². The molecular formula is C15H20F2N2O. The zero-order chi connectivity index (χ0) is 14.3. The van der Waals surface area contributed by atoms with Crippen molar-refractivity contribution in [2.45, 2.75) is 38.1 Å². The Hall–Kier alpha value is -1.04. The molecule has 5 heteroatoms. The van der Waals surface area contributed by atoms with Crippen molar-refractivity contribution in [1.82, 2.24) is 9.80 Å². The van der Waals surface area contributed by atoms with Gasteiger partial charge in [-0.15, -0.1) is 0 Å². The summed E-state index contributed by atoms with van der Waals surface area (Å²) in [6, 6.07) is 4.42. The monoisotopic (exact) mass is 282 g/mol. The highest BCUT2D eigenvalue weighted by atomic mass is 19.1. The van der Waals surface area contributed by atoms with Gasteiger partial charge in [-0.2, -0.15) is 0 Å². The minimum Gasteiger partial charge on any atom is -0.392 e. The number of piperazine rings is 1. The Bertz CT molecular complexity index is 497. The minimum absolute atomic E-state index is 0.241. The lowest BCUT2D eigenvalue weighted by molar-refractivity contribution is 0.0521. The molecule has 0 aromatic heterocycles. The SMILES string of the molecule is C[C@H]1CN2C[C@H](O)C[C@@H]2CN1Cc1ccc(F)cc1F. The highest BCUT2D eigenvalue weighted by Crippen LogP contribution is 2.26. The summed E-state index contributed by atoms with van der Waals surface area (Å²) in [4.78, 5) is 4.53. The van der Waals surface area contributed by atoms with Crippen LogP contribution in [0.25, 0.3) is 0 Å². The summed E-state index contributed by atoms with van der Waals surface area (Å²) in [6.45, 7) is 5.07. The van der Waals surface area contributed by atoms with Gasteiger partial charge < -0.3 is 5.11 Å². The normalized spacial score (nSPS) is 31.5. The maximum atomic E-state index is 13.7. The number of benzene rings is 1. The topological polar surface area (TPSA) is 26.7 Å². The van der Waals surface area contributed by atoms with E-state index in [9.17, 15) is 13.9 Å². The van der Waals surface area contributed by atoms with Crippen molar-refractivity contribution in [3.05, 3.63) is 35.4 Å². The van der Waals surface area contributed by atoms with Crippen LogP contribution in [0, 0.1) is 11.6 Å². The summed E-state index contributed by atoms with van der Waals surface area (Å²) in [5.74, 6) is -1.02. The molecule has 2 heterocycles. The average Bonchev–Trinajstić information content (AvgIpc) is 2.72. The second-order valence-electron chi connectivity index (χ2n) is 6.01. The molecule has 3 rings (SSSR count). The van der Waals surface area contributed by atoms with Crippen LogP contribution in [0.4, 0.5) is 8.78 Å². The number of halogens is 2. The van der Waals surface area contributed by atoms with Crippen molar-refractivity contribution in [2.75, 3.05) is 19.6 Å². The Morgan fingerprint density at radius 2 is 2.05 bits per heavy atom. The number of nitrogens with zero attached hydrogens (tertiary/aromatic N) is 2. The zero-order valence-electron chi connectivity index (χ0n) is 11.6. The third-order valence-corrected chi connectivity index (χ3v) is 4.46. The number of hydrogen-bond donors (Lipinski definition) is 1. The van der Waals surface area contributed by atoms with Gasteiger partial charge in [-0.25, -0.2) is 8.78 Å². The molecule has 2 saturated heterocycles. The Labute approximate surface area is 117 Å². The smallest absolute Gasteiger partial charge is 0.130 e. The van der Waals surface area contributed by atoms with E-state index in [0.717, 1.165) is 32.1 Å². The summed E-state index contributed by atoms with van der Waals surface area (Å²) in [5, 5.41) is 9.74. The van der Waals surface area contributed by atoms with Crippen LogP contribution in [-0.2, 0) is 6.54 Å². The Balaban J connectivity index is 1.71. The molecule has 0 saturated carbocycles. The van der Waals surface area contributed by atoms with Crippen molar-refractivity contribution in [1.29, 1.82) is 0 Å². The molecule has 0 spiro atoms. The Kier molecular flexibility index (Phi) is 3.75.